The summed E-state index contributed by atoms with van der Waals surface area (Å²) in [5, 5.41) is 11.3. The molecule has 0 unspecified atom stereocenters. The summed E-state index contributed by atoms with van der Waals surface area (Å²) < 4.78 is 6.60. The molecule has 1 heterocycles. The van der Waals surface area contributed by atoms with Crippen LogP contribution in [0.1, 0.15) is 25.8 Å². The number of aromatic nitrogens is 2. The molecule has 0 spiro atoms. The van der Waals surface area contributed by atoms with Gasteiger partial charge in [-0.25, -0.2) is 0 Å². The second kappa shape index (κ2) is 8.14. The van der Waals surface area contributed by atoms with Gasteiger partial charge < -0.3 is 4.74 Å². The molecule has 0 bridgehead atoms. The topological polar surface area (TPSA) is 64.1 Å². The Hall–Kier alpha value is -1.60. The van der Waals surface area contributed by atoms with E-state index in [1.165, 1.54) is 11.3 Å². The largest absolute Gasteiger partial charge is 0.481 e. The maximum Gasteiger partial charge on any atom is 0.267 e. The van der Waals surface area contributed by atoms with Gasteiger partial charge in [-0.15, -0.1) is 10.2 Å². The average Bonchev–Trinajstić information content (AvgIpc) is 2.94. The van der Waals surface area contributed by atoms with Crippen molar-refractivity contribution in [1.29, 1.82) is 0 Å². The third-order valence-electron chi connectivity index (χ3n) is 2.87. The van der Waals surface area contributed by atoms with Gasteiger partial charge in [0, 0.05) is 0 Å². The van der Waals surface area contributed by atoms with Gasteiger partial charge in [0.05, 0.1) is 0 Å². The summed E-state index contributed by atoms with van der Waals surface area (Å²) in [4.78, 5) is 12.3. The van der Waals surface area contributed by atoms with E-state index in [4.69, 9.17) is 4.74 Å². The van der Waals surface area contributed by atoms with Gasteiger partial charge in [-0.3, -0.25) is 10.1 Å². The summed E-state index contributed by atoms with van der Waals surface area (Å²) in [5.74, 6) is 1.41. The quantitative estimate of drug-likeness (QED) is 0.616. The molecule has 22 heavy (non-hydrogen) atoms. The molecule has 0 aliphatic rings. The van der Waals surface area contributed by atoms with Crippen LogP contribution in [0.5, 0.6) is 5.75 Å². The highest BCUT2D eigenvalue weighted by atomic mass is 32.2. The van der Waals surface area contributed by atoms with Crippen LogP contribution in [-0.2, 0) is 4.79 Å². The number of thioether (sulfide) groups is 1. The van der Waals surface area contributed by atoms with E-state index >= 15 is 0 Å². The van der Waals surface area contributed by atoms with Crippen molar-refractivity contribution in [3.8, 4) is 5.75 Å². The number of hydrogen-bond acceptors (Lipinski definition) is 6. The van der Waals surface area contributed by atoms with Crippen LogP contribution >= 0.6 is 23.1 Å². The second-order valence-electron chi connectivity index (χ2n) is 4.62. The summed E-state index contributed by atoms with van der Waals surface area (Å²) in [6.45, 7) is 5.97. The number of benzene rings is 1. The van der Waals surface area contributed by atoms with Gasteiger partial charge in [0.2, 0.25) is 5.13 Å². The number of ether oxygens (including phenoxy) is 1. The Morgan fingerprint density at radius 1 is 1.32 bits per heavy atom. The van der Waals surface area contributed by atoms with Crippen LogP contribution in [0.3, 0.4) is 0 Å². The standard InChI is InChI=1S/C15H19N3O2S2/c1-4-12(20-11-8-6-10(3)7-9-11)13(19)16-14-17-18-15(22-14)21-5-2/h6-9,12H,4-5H2,1-3H3,(H,16,17,19)/t12-/m0/s1. The number of amides is 1. The number of anilines is 1. The lowest BCUT2D eigenvalue weighted by atomic mass is 10.2. The monoisotopic (exact) mass is 337 g/mol. The van der Waals surface area contributed by atoms with E-state index in [0.29, 0.717) is 17.3 Å². The molecule has 0 fully saturated rings. The summed E-state index contributed by atoms with van der Waals surface area (Å²) in [7, 11) is 0. The van der Waals surface area contributed by atoms with Crippen molar-refractivity contribution in [1.82, 2.24) is 10.2 Å². The fourth-order valence-corrected chi connectivity index (χ4v) is 3.38. The van der Waals surface area contributed by atoms with Crippen molar-refractivity contribution in [3.63, 3.8) is 0 Å². The van der Waals surface area contributed by atoms with Gasteiger partial charge in [0.15, 0.2) is 10.4 Å². The molecule has 1 aromatic heterocycles. The molecule has 2 rings (SSSR count). The van der Waals surface area contributed by atoms with E-state index in [-0.39, 0.29) is 5.91 Å². The molecule has 0 aliphatic carbocycles. The Labute approximate surface area is 138 Å². The van der Waals surface area contributed by atoms with E-state index in [2.05, 4.69) is 15.5 Å². The number of carbonyl (C=O) groups excluding carboxylic acids is 1. The SMILES string of the molecule is CCSc1nnc(NC(=O)[C@H](CC)Oc2ccc(C)cc2)s1. The summed E-state index contributed by atoms with van der Waals surface area (Å²) >= 11 is 2.98. The number of aryl methyl sites for hydroxylation is 1. The number of carbonyl (C=O) groups is 1. The smallest absolute Gasteiger partial charge is 0.267 e. The van der Waals surface area contributed by atoms with E-state index < -0.39 is 6.10 Å². The Morgan fingerprint density at radius 3 is 2.68 bits per heavy atom. The number of nitrogens with zero attached hydrogens (tertiary/aromatic N) is 2. The minimum absolute atomic E-state index is 0.202. The summed E-state index contributed by atoms with van der Waals surface area (Å²) in [5.41, 5.74) is 1.15. The summed E-state index contributed by atoms with van der Waals surface area (Å²) in [6.07, 6.45) is 0.0311. The zero-order chi connectivity index (χ0) is 15.9. The molecule has 5 nitrogen and oxygen atoms in total. The van der Waals surface area contributed by atoms with Crippen molar-refractivity contribution in [2.45, 2.75) is 37.6 Å². The lowest BCUT2D eigenvalue weighted by molar-refractivity contribution is -0.122. The van der Waals surface area contributed by atoms with E-state index in [0.717, 1.165) is 15.7 Å². The van der Waals surface area contributed by atoms with Gasteiger partial charge in [0.25, 0.3) is 5.91 Å². The Balaban J connectivity index is 1.97. The molecule has 1 amide bonds. The molecule has 0 saturated heterocycles. The Kier molecular flexibility index (Phi) is 6.21. The molecular formula is C15H19N3O2S2. The van der Waals surface area contributed by atoms with Crippen LogP contribution in [0.4, 0.5) is 5.13 Å². The summed E-state index contributed by atoms with van der Waals surface area (Å²) in [6, 6.07) is 7.65. The van der Waals surface area contributed by atoms with Crippen LogP contribution in [0, 0.1) is 6.92 Å². The fraction of sp³-hybridized carbons (Fsp3) is 0.400. The first-order chi connectivity index (χ1) is 10.6. The molecule has 1 N–H and O–H groups in total. The lowest BCUT2D eigenvalue weighted by Gasteiger charge is -2.16. The van der Waals surface area contributed by atoms with Crippen molar-refractivity contribution in [2.24, 2.45) is 0 Å². The third-order valence-corrected chi connectivity index (χ3v) is 4.72. The third kappa shape index (κ3) is 4.71. The zero-order valence-corrected chi connectivity index (χ0v) is 14.5. The molecule has 0 saturated carbocycles. The highest BCUT2D eigenvalue weighted by Gasteiger charge is 2.20. The number of rotatable bonds is 7. The predicted octanol–water partition coefficient (Wildman–Crippen LogP) is 3.75. The highest BCUT2D eigenvalue weighted by molar-refractivity contribution is 8.01. The molecule has 1 atom stereocenters. The molecule has 1 aromatic carbocycles. The Morgan fingerprint density at radius 2 is 2.05 bits per heavy atom. The first-order valence-electron chi connectivity index (χ1n) is 7.12. The average molecular weight is 337 g/mol. The predicted molar refractivity (Wildman–Crippen MR) is 90.8 cm³/mol. The van der Waals surface area contributed by atoms with Crippen molar-refractivity contribution >= 4 is 34.1 Å². The van der Waals surface area contributed by atoms with Gasteiger partial charge in [0.1, 0.15) is 5.75 Å². The van der Waals surface area contributed by atoms with Crippen molar-refractivity contribution < 1.29 is 9.53 Å². The first kappa shape index (κ1) is 16.8. The Bertz CT molecular complexity index is 614. The van der Waals surface area contributed by atoms with Gasteiger partial charge in [-0.05, 0) is 31.2 Å². The normalized spacial score (nSPS) is 12.0. The first-order valence-corrected chi connectivity index (χ1v) is 8.93. The van der Waals surface area contributed by atoms with Crippen LogP contribution in [-0.4, -0.2) is 28.0 Å². The van der Waals surface area contributed by atoms with Crippen molar-refractivity contribution in [2.75, 3.05) is 11.1 Å². The van der Waals surface area contributed by atoms with Crippen LogP contribution < -0.4 is 10.1 Å². The molecule has 0 aliphatic heterocycles. The maximum atomic E-state index is 12.3. The van der Waals surface area contributed by atoms with E-state index in [1.54, 1.807) is 11.8 Å². The molecule has 7 heteroatoms. The van der Waals surface area contributed by atoms with Crippen molar-refractivity contribution in [3.05, 3.63) is 29.8 Å². The number of nitrogens with one attached hydrogen (secondary N) is 1. The van der Waals surface area contributed by atoms with E-state index in [9.17, 15) is 4.79 Å². The fourth-order valence-electron chi connectivity index (χ4n) is 1.73. The maximum absolute atomic E-state index is 12.3. The second-order valence-corrected chi connectivity index (χ2v) is 7.11. The molecule has 0 radical (unpaired) electrons. The highest BCUT2D eigenvalue weighted by Crippen LogP contribution is 2.25. The minimum atomic E-state index is -0.547. The van der Waals surface area contributed by atoms with Crippen LogP contribution in [0.25, 0.3) is 0 Å². The molecule has 118 valence electrons. The zero-order valence-electron chi connectivity index (χ0n) is 12.8. The van der Waals surface area contributed by atoms with Gasteiger partial charge >= 0.3 is 0 Å². The minimum Gasteiger partial charge on any atom is -0.481 e. The van der Waals surface area contributed by atoms with E-state index in [1.807, 2.05) is 45.0 Å². The van der Waals surface area contributed by atoms with Gasteiger partial charge in [-0.2, -0.15) is 0 Å². The molecule has 2 aromatic rings. The van der Waals surface area contributed by atoms with Crippen LogP contribution in [0.15, 0.2) is 28.6 Å². The van der Waals surface area contributed by atoms with Crippen LogP contribution in [0.2, 0.25) is 0 Å². The number of hydrogen-bond donors (Lipinski definition) is 1. The van der Waals surface area contributed by atoms with Gasteiger partial charge in [-0.1, -0.05) is 54.6 Å². The lowest BCUT2D eigenvalue weighted by Crippen LogP contribution is -2.32. The molecular weight excluding hydrogens is 318 g/mol.